The Morgan fingerprint density at radius 3 is 2.93 bits per heavy atom. The van der Waals surface area contributed by atoms with Crippen molar-refractivity contribution < 1.29 is 4.52 Å². The van der Waals surface area contributed by atoms with Crippen molar-refractivity contribution in [2.45, 2.75) is 19.3 Å². The number of hydrogen-bond acceptors (Lipinski definition) is 5. The van der Waals surface area contributed by atoms with Gasteiger partial charge in [0.1, 0.15) is 0 Å². The summed E-state index contributed by atoms with van der Waals surface area (Å²) < 4.78 is 5.32. The first-order chi connectivity index (χ1) is 13.2. The van der Waals surface area contributed by atoms with Crippen LogP contribution in [0.1, 0.15) is 23.6 Å². The number of halogens is 1. The van der Waals surface area contributed by atoms with Gasteiger partial charge in [0, 0.05) is 47.9 Å². The third-order valence-corrected chi connectivity index (χ3v) is 5.35. The smallest absolute Gasteiger partial charge is 0.228 e. The Morgan fingerprint density at radius 2 is 2.19 bits per heavy atom. The Balaban J connectivity index is 1.46. The van der Waals surface area contributed by atoms with E-state index in [0.717, 1.165) is 18.1 Å². The van der Waals surface area contributed by atoms with Crippen molar-refractivity contribution in [3.63, 3.8) is 0 Å². The lowest BCUT2D eigenvalue weighted by atomic mass is 10.1. The lowest BCUT2D eigenvalue weighted by Gasteiger charge is -2.14. The lowest BCUT2D eigenvalue weighted by molar-refractivity contribution is 0.378. The Morgan fingerprint density at radius 1 is 1.30 bits per heavy atom. The van der Waals surface area contributed by atoms with Gasteiger partial charge >= 0.3 is 0 Å². The zero-order chi connectivity index (χ0) is 19.1. The fourth-order valence-corrected chi connectivity index (χ4v) is 3.51. The van der Waals surface area contributed by atoms with Crippen LogP contribution in [0, 0.1) is 0 Å². The van der Waals surface area contributed by atoms with Gasteiger partial charge in [-0.1, -0.05) is 41.9 Å². The predicted octanol–water partition coefficient (Wildman–Crippen LogP) is 3.96. The molecule has 0 radical (unpaired) electrons. The molecule has 2 aromatic heterocycles. The van der Waals surface area contributed by atoms with Gasteiger partial charge in [0.15, 0.2) is 5.96 Å². The molecule has 3 rings (SSSR count). The number of nitrogens with zero attached hydrogens (tertiary/aromatic N) is 3. The summed E-state index contributed by atoms with van der Waals surface area (Å²) in [6.45, 7) is 3.66. The number of hydrogen-bond donors (Lipinski definition) is 2. The molecule has 0 spiro atoms. The van der Waals surface area contributed by atoms with E-state index in [1.165, 1.54) is 4.88 Å². The van der Waals surface area contributed by atoms with Crippen molar-refractivity contribution in [2.24, 2.45) is 4.99 Å². The first-order valence-corrected chi connectivity index (χ1v) is 9.98. The molecule has 2 heterocycles. The molecule has 8 heteroatoms. The van der Waals surface area contributed by atoms with Crippen molar-refractivity contribution >= 4 is 28.9 Å². The maximum Gasteiger partial charge on any atom is 0.228 e. The molecule has 3 aromatic rings. The second-order valence-electron chi connectivity index (χ2n) is 6.07. The van der Waals surface area contributed by atoms with Crippen LogP contribution in [0.2, 0.25) is 5.02 Å². The summed E-state index contributed by atoms with van der Waals surface area (Å²) in [5.41, 5.74) is 0.838. The molecule has 0 fully saturated rings. The number of guanidine groups is 1. The summed E-state index contributed by atoms with van der Waals surface area (Å²) >= 11 is 7.78. The van der Waals surface area contributed by atoms with Gasteiger partial charge in [0.05, 0.1) is 0 Å². The van der Waals surface area contributed by atoms with Crippen molar-refractivity contribution in [3.05, 3.63) is 57.6 Å². The normalized spacial score (nSPS) is 12.8. The van der Waals surface area contributed by atoms with Crippen LogP contribution in [0.4, 0.5) is 0 Å². The third kappa shape index (κ3) is 5.55. The van der Waals surface area contributed by atoms with Crippen molar-refractivity contribution in [1.82, 2.24) is 20.8 Å². The number of nitrogens with one attached hydrogen (secondary N) is 2. The van der Waals surface area contributed by atoms with Crippen LogP contribution >= 0.6 is 22.9 Å². The minimum absolute atomic E-state index is 0.430. The maximum absolute atomic E-state index is 6.00. The van der Waals surface area contributed by atoms with Crippen LogP contribution in [0.3, 0.4) is 0 Å². The number of thiophene rings is 1. The monoisotopic (exact) mass is 403 g/mol. The molecule has 2 N–H and O–H groups in total. The van der Waals surface area contributed by atoms with Gasteiger partial charge in [-0.3, -0.25) is 4.99 Å². The van der Waals surface area contributed by atoms with E-state index in [-0.39, 0.29) is 0 Å². The Hall–Kier alpha value is -2.38. The van der Waals surface area contributed by atoms with Crippen LogP contribution in [-0.4, -0.2) is 36.2 Å². The average molecular weight is 404 g/mol. The van der Waals surface area contributed by atoms with Gasteiger partial charge in [0.25, 0.3) is 0 Å². The van der Waals surface area contributed by atoms with E-state index in [1.807, 2.05) is 24.3 Å². The fraction of sp³-hybridized carbons (Fsp3) is 0.316. The van der Waals surface area contributed by atoms with Crippen LogP contribution < -0.4 is 10.6 Å². The predicted molar refractivity (Wildman–Crippen MR) is 111 cm³/mol. The average Bonchev–Trinajstić information content (AvgIpc) is 3.36. The van der Waals surface area contributed by atoms with Gasteiger partial charge in [-0.2, -0.15) is 4.98 Å². The summed E-state index contributed by atoms with van der Waals surface area (Å²) in [5.74, 6) is 2.30. The fourth-order valence-electron chi connectivity index (χ4n) is 2.53. The van der Waals surface area contributed by atoms with Gasteiger partial charge in [-0.15, -0.1) is 11.3 Å². The Kier molecular flexibility index (Phi) is 6.84. The van der Waals surface area contributed by atoms with Crippen molar-refractivity contribution in [1.29, 1.82) is 0 Å². The van der Waals surface area contributed by atoms with E-state index >= 15 is 0 Å². The van der Waals surface area contributed by atoms with Gasteiger partial charge in [-0.25, -0.2) is 0 Å². The van der Waals surface area contributed by atoms with Crippen molar-refractivity contribution in [2.75, 3.05) is 20.1 Å². The number of aliphatic imine (C=N–C) groups is 1. The number of aromatic nitrogens is 2. The zero-order valence-corrected chi connectivity index (χ0v) is 16.8. The molecule has 0 aliphatic heterocycles. The first kappa shape index (κ1) is 19.4. The van der Waals surface area contributed by atoms with Gasteiger partial charge in [0.2, 0.25) is 11.7 Å². The maximum atomic E-state index is 6.00. The number of benzene rings is 1. The van der Waals surface area contributed by atoms with E-state index < -0.39 is 0 Å². The molecule has 0 bridgehead atoms. The molecular formula is C19H22ClN5OS. The Labute approximate surface area is 167 Å². The molecule has 0 aliphatic rings. The highest BCUT2D eigenvalue weighted by Crippen LogP contribution is 2.20. The molecule has 0 aliphatic carbocycles. The highest BCUT2D eigenvalue weighted by Gasteiger charge is 2.10. The topological polar surface area (TPSA) is 75.3 Å². The van der Waals surface area contributed by atoms with Crippen LogP contribution in [0.5, 0.6) is 0 Å². The summed E-state index contributed by atoms with van der Waals surface area (Å²) in [7, 11) is 1.76. The van der Waals surface area contributed by atoms with E-state index in [1.54, 1.807) is 18.4 Å². The van der Waals surface area contributed by atoms with Crippen LogP contribution in [0.15, 0.2) is 51.3 Å². The summed E-state index contributed by atoms with van der Waals surface area (Å²) in [6, 6.07) is 11.6. The molecule has 0 amide bonds. The second-order valence-corrected chi connectivity index (χ2v) is 7.48. The van der Waals surface area contributed by atoms with Crippen LogP contribution in [0.25, 0.3) is 11.4 Å². The molecule has 0 saturated carbocycles. The largest absolute Gasteiger partial charge is 0.356 e. The first-order valence-electron chi connectivity index (χ1n) is 8.72. The van der Waals surface area contributed by atoms with E-state index in [2.05, 4.69) is 50.2 Å². The Bertz CT molecular complexity index is 878. The lowest BCUT2D eigenvalue weighted by Crippen LogP contribution is -2.39. The van der Waals surface area contributed by atoms with Crippen molar-refractivity contribution in [3.8, 4) is 11.4 Å². The second kappa shape index (κ2) is 9.53. The number of rotatable bonds is 7. The molecule has 0 saturated heterocycles. The highest BCUT2D eigenvalue weighted by atomic mass is 35.5. The minimum Gasteiger partial charge on any atom is -0.356 e. The quantitative estimate of drug-likeness (QED) is 0.461. The molecule has 142 valence electrons. The standard InChI is InChI=1S/C19H22ClN5OS/c1-13(16-7-4-10-27-16)12-23-19(21-2)22-9-8-17-24-18(25-26-17)14-5-3-6-15(20)11-14/h3-7,10-11,13H,8-9,12H2,1-2H3,(H2,21,22,23). The summed E-state index contributed by atoms with van der Waals surface area (Å²) in [4.78, 5) is 10.0. The molecule has 1 atom stereocenters. The zero-order valence-electron chi connectivity index (χ0n) is 15.3. The van der Waals surface area contributed by atoms with E-state index in [0.29, 0.717) is 35.6 Å². The van der Waals surface area contributed by atoms with Gasteiger partial charge in [-0.05, 0) is 23.6 Å². The summed E-state index contributed by atoms with van der Waals surface area (Å²) in [6.07, 6.45) is 0.606. The molecule has 1 unspecified atom stereocenters. The summed E-state index contributed by atoms with van der Waals surface area (Å²) in [5, 5.41) is 13.4. The van der Waals surface area contributed by atoms with E-state index in [4.69, 9.17) is 16.1 Å². The van der Waals surface area contributed by atoms with Crippen LogP contribution in [-0.2, 0) is 6.42 Å². The third-order valence-electron chi connectivity index (χ3n) is 4.01. The van der Waals surface area contributed by atoms with Gasteiger partial charge < -0.3 is 15.2 Å². The molecule has 1 aromatic carbocycles. The molecule has 6 nitrogen and oxygen atoms in total. The highest BCUT2D eigenvalue weighted by molar-refractivity contribution is 7.10. The minimum atomic E-state index is 0.430. The van der Waals surface area contributed by atoms with E-state index in [9.17, 15) is 0 Å². The molecule has 27 heavy (non-hydrogen) atoms. The molecular weight excluding hydrogens is 382 g/mol. The SMILES string of the molecule is CN=C(NCCc1nc(-c2cccc(Cl)c2)no1)NCC(C)c1cccs1.